The van der Waals surface area contributed by atoms with Gasteiger partial charge in [0, 0.05) is 18.9 Å². The topological polar surface area (TPSA) is 68.0 Å². The van der Waals surface area contributed by atoms with Crippen molar-refractivity contribution < 1.29 is 4.79 Å². The van der Waals surface area contributed by atoms with Crippen LogP contribution in [0.1, 0.15) is 24.2 Å². The Kier molecular flexibility index (Phi) is 6.26. The fourth-order valence-corrected chi connectivity index (χ4v) is 2.97. The monoisotopic (exact) mass is 386 g/mol. The summed E-state index contributed by atoms with van der Waals surface area (Å²) >= 11 is 6.18. The third-order valence-corrected chi connectivity index (χ3v) is 4.69. The van der Waals surface area contributed by atoms with Crippen molar-refractivity contribution in [1.29, 1.82) is 0 Å². The number of hydrogen-bond donors (Lipinski definition) is 1. The van der Waals surface area contributed by atoms with Crippen LogP contribution in [0.25, 0.3) is 5.69 Å². The van der Waals surface area contributed by atoms with E-state index in [0.29, 0.717) is 16.3 Å². The molecule has 0 fully saturated rings. The summed E-state index contributed by atoms with van der Waals surface area (Å²) in [6.45, 7) is 8.00. The first-order valence-electron chi connectivity index (χ1n) is 8.96. The second-order valence-electron chi connectivity index (χ2n) is 6.10. The Labute approximate surface area is 163 Å². The van der Waals surface area contributed by atoms with Crippen LogP contribution in [0.3, 0.4) is 0 Å². The van der Waals surface area contributed by atoms with Gasteiger partial charge in [-0.1, -0.05) is 37.6 Å². The van der Waals surface area contributed by atoms with Gasteiger partial charge in [0.25, 0.3) is 5.91 Å². The normalized spacial score (nSPS) is 11.1. The molecular weight excluding hydrogens is 364 g/mol. The second kappa shape index (κ2) is 8.83. The average molecular weight is 387 g/mol. The zero-order valence-corrected chi connectivity index (χ0v) is 16.2. The molecule has 0 bridgehead atoms. The summed E-state index contributed by atoms with van der Waals surface area (Å²) in [5, 5.41) is 12.0. The zero-order chi connectivity index (χ0) is 19.2. The summed E-state index contributed by atoms with van der Waals surface area (Å²) in [4.78, 5) is 14.8. The minimum atomic E-state index is -0.239. The first kappa shape index (κ1) is 19.1. The third-order valence-electron chi connectivity index (χ3n) is 4.37. The summed E-state index contributed by atoms with van der Waals surface area (Å²) in [7, 11) is 0. The molecule has 0 atom stereocenters. The van der Waals surface area contributed by atoms with Crippen molar-refractivity contribution in [2.45, 2.75) is 20.4 Å². The molecule has 1 N–H and O–H groups in total. The maximum atomic E-state index is 12.5. The fourth-order valence-electron chi connectivity index (χ4n) is 2.75. The van der Waals surface area contributed by atoms with Gasteiger partial charge in [-0.05, 0) is 25.2 Å². The highest BCUT2D eigenvalue weighted by molar-refractivity contribution is 6.32. The minimum Gasteiger partial charge on any atom is -0.319 e. The van der Waals surface area contributed by atoms with Gasteiger partial charge in [0.05, 0.1) is 40.9 Å². The number of benzene rings is 1. The average Bonchev–Trinajstić information content (AvgIpc) is 3.33. The molecule has 0 aliphatic rings. The van der Waals surface area contributed by atoms with Gasteiger partial charge in [0.2, 0.25) is 0 Å². The predicted molar refractivity (Wildman–Crippen MR) is 107 cm³/mol. The van der Waals surface area contributed by atoms with E-state index >= 15 is 0 Å². The molecule has 0 saturated carbocycles. The molecule has 2 aromatic heterocycles. The lowest BCUT2D eigenvalue weighted by atomic mass is 10.3. The Balaban J connectivity index is 1.62. The van der Waals surface area contributed by atoms with Crippen molar-refractivity contribution in [3.05, 3.63) is 59.6 Å². The predicted octanol–water partition coefficient (Wildman–Crippen LogP) is 3.32. The summed E-state index contributed by atoms with van der Waals surface area (Å²) < 4.78 is 3.42. The number of nitrogens with one attached hydrogen (secondary N) is 1. The van der Waals surface area contributed by atoms with Crippen LogP contribution in [0.5, 0.6) is 0 Å². The standard InChI is InChI=1S/C19H23ClN6O/c1-3-24(4-2)9-10-25-14-16(12-21-25)23-19(27)15-11-22-26(13-15)18-8-6-5-7-17(18)20/h5-8,11-14H,3-4,9-10H2,1-2H3,(H,23,27). The van der Waals surface area contributed by atoms with Gasteiger partial charge in [-0.15, -0.1) is 0 Å². The smallest absolute Gasteiger partial charge is 0.258 e. The molecule has 0 aliphatic carbocycles. The molecule has 1 amide bonds. The van der Waals surface area contributed by atoms with E-state index in [2.05, 4.69) is 34.3 Å². The maximum absolute atomic E-state index is 12.5. The van der Waals surface area contributed by atoms with E-state index in [1.807, 2.05) is 29.1 Å². The lowest BCUT2D eigenvalue weighted by Gasteiger charge is -2.17. The molecule has 8 heteroatoms. The summed E-state index contributed by atoms with van der Waals surface area (Å²) in [5.74, 6) is -0.239. The fraction of sp³-hybridized carbons (Fsp3) is 0.316. The van der Waals surface area contributed by atoms with Crippen LogP contribution in [0.2, 0.25) is 5.02 Å². The SMILES string of the molecule is CCN(CC)CCn1cc(NC(=O)c2cnn(-c3ccccc3Cl)c2)cn1. The highest BCUT2D eigenvalue weighted by atomic mass is 35.5. The van der Waals surface area contributed by atoms with Crippen molar-refractivity contribution in [3.63, 3.8) is 0 Å². The van der Waals surface area contributed by atoms with Gasteiger partial charge in [-0.3, -0.25) is 9.48 Å². The van der Waals surface area contributed by atoms with Crippen LogP contribution in [0.15, 0.2) is 49.1 Å². The molecule has 0 aliphatic heterocycles. The van der Waals surface area contributed by atoms with E-state index in [0.717, 1.165) is 31.9 Å². The molecular formula is C19H23ClN6O. The number of rotatable bonds is 8. The number of anilines is 1. The van der Waals surface area contributed by atoms with Crippen LogP contribution < -0.4 is 5.32 Å². The highest BCUT2D eigenvalue weighted by Crippen LogP contribution is 2.19. The number of carbonyl (C=O) groups excluding carboxylic acids is 1. The largest absolute Gasteiger partial charge is 0.319 e. The molecule has 27 heavy (non-hydrogen) atoms. The Morgan fingerprint density at radius 3 is 2.67 bits per heavy atom. The molecule has 3 aromatic rings. The van der Waals surface area contributed by atoms with Gasteiger partial charge in [0.15, 0.2) is 0 Å². The number of amides is 1. The van der Waals surface area contributed by atoms with E-state index in [4.69, 9.17) is 11.6 Å². The Morgan fingerprint density at radius 2 is 1.93 bits per heavy atom. The summed E-state index contributed by atoms with van der Waals surface area (Å²) in [6, 6.07) is 7.35. The highest BCUT2D eigenvalue weighted by Gasteiger charge is 2.12. The van der Waals surface area contributed by atoms with Crippen LogP contribution in [-0.4, -0.2) is 50.0 Å². The first-order chi connectivity index (χ1) is 13.1. The number of halogens is 1. The van der Waals surface area contributed by atoms with Crippen molar-refractivity contribution in [2.75, 3.05) is 25.0 Å². The number of likely N-dealkylation sites (N-methyl/N-ethyl adjacent to an activating group) is 1. The molecule has 0 radical (unpaired) electrons. The zero-order valence-electron chi connectivity index (χ0n) is 15.5. The van der Waals surface area contributed by atoms with Crippen LogP contribution >= 0.6 is 11.6 Å². The number of carbonyl (C=O) groups is 1. The molecule has 0 saturated heterocycles. The Hall–Kier alpha value is -2.64. The molecule has 0 unspecified atom stereocenters. The van der Waals surface area contributed by atoms with Crippen LogP contribution in [0.4, 0.5) is 5.69 Å². The van der Waals surface area contributed by atoms with Gasteiger partial charge >= 0.3 is 0 Å². The summed E-state index contributed by atoms with van der Waals surface area (Å²) in [6.07, 6.45) is 6.66. The first-order valence-corrected chi connectivity index (χ1v) is 9.34. The van der Waals surface area contributed by atoms with E-state index in [1.54, 1.807) is 23.1 Å². The minimum absolute atomic E-state index is 0.239. The molecule has 7 nitrogen and oxygen atoms in total. The van der Waals surface area contributed by atoms with Crippen molar-refractivity contribution in [2.24, 2.45) is 0 Å². The van der Waals surface area contributed by atoms with E-state index < -0.39 is 0 Å². The van der Waals surface area contributed by atoms with E-state index in [1.165, 1.54) is 6.20 Å². The molecule has 2 heterocycles. The number of aromatic nitrogens is 4. The summed E-state index contributed by atoms with van der Waals surface area (Å²) in [5.41, 5.74) is 1.83. The van der Waals surface area contributed by atoms with Gasteiger partial charge in [-0.2, -0.15) is 10.2 Å². The van der Waals surface area contributed by atoms with Crippen LogP contribution in [-0.2, 0) is 6.54 Å². The molecule has 142 valence electrons. The Morgan fingerprint density at radius 1 is 1.15 bits per heavy atom. The van der Waals surface area contributed by atoms with Crippen molar-refractivity contribution >= 4 is 23.2 Å². The molecule has 1 aromatic carbocycles. The maximum Gasteiger partial charge on any atom is 0.258 e. The number of nitrogens with zero attached hydrogens (tertiary/aromatic N) is 5. The third kappa shape index (κ3) is 4.75. The van der Waals surface area contributed by atoms with Gasteiger partial charge in [0.1, 0.15) is 0 Å². The lowest BCUT2D eigenvalue weighted by Crippen LogP contribution is -2.27. The van der Waals surface area contributed by atoms with Crippen LogP contribution in [0, 0.1) is 0 Å². The van der Waals surface area contributed by atoms with E-state index in [-0.39, 0.29) is 5.91 Å². The van der Waals surface area contributed by atoms with Crippen molar-refractivity contribution in [1.82, 2.24) is 24.5 Å². The van der Waals surface area contributed by atoms with E-state index in [9.17, 15) is 4.79 Å². The van der Waals surface area contributed by atoms with Gasteiger partial charge < -0.3 is 10.2 Å². The number of hydrogen-bond acceptors (Lipinski definition) is 4. The molecule has 3 rings (SSSR count). The Bertz CT molecular complexity index is 899. The molecule has 0 spiro atoms. The lowest BCUT2D eigenvalue weighted by molar-refractivity contribution is 0.102. The quantitative estimate of drug-likeness (QED) is 0.644. The van der Waals surface area contributed by atoms with Gasteiger partial charge in [-0.25, -0.2) is 4.68 Å². The number of para-hydroxylation sites is 1. The second-order valence-corrected chi connectivity index (χ2v) is 6.51. The van der Waals surface area contributed by atoms with Crippen molar-refractivity contribution in [3.8, 4) is 5.69 Å².